The van der Waals surface area contributed by atoms with E-state index in [0.717, 1.165) is 0 Å². The molecule has 220 valence electrons. The van der Waals surface area contributed by atoms with Crippen LogP contribution in [0.1, 0.15) is 46.3 Å². The number of aliphatic hydroxyl groups is 1. The molecule has 0 saturated carbocycles. The number of aliphatic hydroxyl groups excluding tert-OH is 1. The lowest BCUT2D eigenvalue weighted by Crippen LogP contribution is -2.27. The molecule has 0 spiro atoms. The monoisotopic (exact) mass is 571 g/mol. The van der Waals surface area contributed by atoms with Gasteiger partial charge in [0, 0.05) is 31.6 Å². The summed E-state index contributed by atoms with van der Waals surface area (Å²) in [6.07, 6.45) is 2.51. The fraction of sp³-hybridized carbons (Fsp3) is 0.385. The number of nitrogens with two attached hydrogens (primary N) is 1. The van der Waals surface area contributed by atoms with E-state index in [4.69, 9.17) is 20.3 Å². The topological polar surface area (TPSA) is 213 Å². The van der Waals surface area contributed by atoms with Crippen LogP contribution in [0.25, 0.3) is 11.0 Å². The van der Waals surface area contributed by atoms with Crippen molar-refractivity contribution in [3.63, 3.8) is 0 Å². The number of carbonyl (C=O) groups is 4. The van der Waals surface area contributed by atoms with Gasteiger partial charge in [0.05, 0.1) is 37.5 Å². The first-order valence-electron chi connectivity index (χ1n) is 12.9. The van der Waals surface area contributed by atoms with Crippen LogP contribution >= 0.6 is 0 Å². The molecular weight excluding hydrogens is 538 g/mol. The van der Waals surface area contributed by atoms with Crippen molar-refractivity contribution < 1.29 is 38.9 Å². The number of carboxylic acid groups (broad SMARTS) is 1. The molecule has 2 heterocycles. The molecule has 0 atom stereocenters. The average molecular weight is 572 g/mol. The highest BCUT2D eigenvalue weighted by Crippen LogP contribution is 2.31. The van der Waals surface area contributed by atoms with E-state index in [9.17, 15) is 24.3 Å². The summed E-state index contributed by atoms with van der Waals surface area (Å²) in [5.74, 6) is -1.77. The number of nitrogens with one attached hydrogen (secondary N) is 2. The van der Waals surface area contributed by atoms with Gasteiger partial charge < -0.3 is 35.3 Å². The number of imidazole rings is 1. The van der Waals surface area contributed by atoms with Crippen molar-refractivity contribution in [2.45, 2.75) is 39.8 Å². The summed E-state index contributed by atoms with van der Waals surface area (Å²) in [5, 5.41) is 27.3. The van der Waals surface area contributed by atoms with Gasteiger partial charge in [0.15, 0.2) is 0 Å². The Kier molecular flexibility index (Phi) is 10.8. The maximum absolute atomic E-state index is 13.2. The van der Waals surface area contributed by atoms with Gasteiger partial charge in [-0.05, 0) is 32.0 Å². The number of rotatable bonds is 15. The molecule has 6 N–H and O–H groups in total. The van der Waals surface area contributed by atoms with Gasteiger partial charge in [-0.1, -0.05) is 12.2 Å². The summed E-state index contributed by atoms with van der Waals surface area (Å²) in [6, 6.07) is 4.60. The maximum Gasteiger partial charge on any atom is 0.407 e. The normalized spacial score (nSPS) is 11.1. The molecule has 3 amide bonds. The minimum absolute atomic E-state index is 0.0120. The Bertz CT molecular complexity index is 1440. The number of hydrogen-bond donors (Lipinski definition) is 5. The minimum Gasteiger partial charge on any atom is -0.491 e. The largest absolute Gasteiger partial charge is 0.491 e. The van der Waals surface area contributed by atoms with E-state index in [1.807, 2.05) is 6.92 Å². The number of aromatic nitrogens is 4. The van der Waals surface area contributed by atoms with Crippen LogP contribution < -0.4 is 21.1 Å². The standard InChI is InChI=1S/C26H33N7O8/c1-3-33-19(13-16(2)31-33)24(38)30-25-29-18-14-17(23(27)37)15-20(22(18)32(25)9-4-5-10-34)40-11-6-12-41-26(39)28-8-7-21(35)36/h4-5,13-15,34H,3,6-12H2,1-2H3,(H2,27,37)(H,28,39)(H,35,36)(H,29,30,38). The Labute approximate surface area is 234 Å². The van der Waals surface area contributed by atoms with E-state index in [2.05, 4.69) is 20.7 Å². The molecular formula is C26H33N7O8. The molecule has 3 aromatic rings. The molecule has 0 unspecified atom stereocenters. The van der Waals surface area contributed by atoms with E-state index in [1.165, 1.54) is 18.2 Å². The van der Waals surface area contributed by atoms with Crippen molar-refractivity contribution in [1.82, 2.24) is 24.6 Å². The van der Waals surface area contributed by atoms with Crippen LogP contribution in [-0.4, -0.2) is 79.8 Å². The lowest BCUT2D eigenvalue weighted by atomic mass is 10.1. The lowest BCUT2D eigenvalue weighted by molar-refractivity contribution is -0.136. The Morgan fingerprint density at radius 3 is 2.61 bits per heavy atom. The molecule has 0 fully saturated rings. The number of primary amides is 1. The molecule has 0 aliphatic rings. The molecule has 0 radical (unpaired) electrons. The van der Waals surface area contributed by atoms with Gasteiger partial charge in [-0.3, -0.25) is 24.4 Å². The number of hydrogen-bond acceptors (Lipinski definition) is 9. The number of aryl methyl sites for hydroxylation is 2. The van der Waals surface area contributed by atoms with Crippen LogP contribution in [0.3, 0.4) is 0 Å². The SMILES string of the molecule is CCn1nc(C)cc1C(=O)Nc1nc2cc(C(N)=O)cc(OCCCOC(=O)NCCC(=O)O)c2n1CC=CCO. The van der Waals surface area contributed by atoms with Gasteiger partial charge in [-0.25, -0.2) is 9.78 Å². The van der Waals surface area contributed by atoms with Gasteiger partial charge in [-0.2, -0.15) is 5.10 Å². The Balaban J connectivity index is 1.85. The zero-order chi connectivity index (χ0) is 29.9. The quantitative estimate of drug-likeness (QED) is 0.131. The first-order chi connectivity index (χ1) is 19.6. The van der Waals surface area contributed by atoms with Crippen LogP contribution in [0, 0.1) is 6.92 Å². The predicted molar refractivity (Wildman–Crippen MR) is 147 cm³/mol. The highest BCUT2D eigenvalue weighted by molar-refractivity contribution is 6.04. The highest BCUT2D eigenvalue weighted by atomic mass is 16.5. The highest BCUT2D eigenvalue weighted by Gasteiger charge is 2.21. The van der Waals surface area contributed by atoms with Crippen molar-refractivity contribution in [2.24, 2.45) is 5.73 Å². The summed E-state index contributed by atoms with van der Waals surface area (Å²) in [6.45, 7) is 4.15. The fourth-order valence-corrected chi connectivity index (χ4v) is 3.87. The zero-order valence-corrected chi connectivity index (χ0v) is 22.8. The number of carbonyl (C=O) groups excluding carboxylic acids is 3. The van der Waals surface area contributed by atoms with Crippen LogP contribution in [0.5, 0.6) is 5.75 Å². The third kappa shape index (κ3) is 8.28. The molecule has 0 aliphatic heterocycles. The van der Waals surface area contributed by atoms with Gasteiger partial charge >= 0.3 is 12.1 Å². The first kappa shape index (κ1) is 30.6. The molecule has 15 nitrogen and oxygen atoms in total. The van der Waals surface area contributed by atoms with Crippen molar-refractivity contribution in [1.29, 1.82) is 0 Å². The van der Waals surface area contributed by atoms with E-state index < -0.39 is 23.9 Å². The number of ether oxygens (including phenoxy) is 2. The number of carboxylic acids is 1. The van der Waals surface area contributed by atoms with E-state index >= 15 is 0 Å². The second kappa shape index (κ2) is 14.5. The summed E-state index contributed by atoms with van der Waals surface area (Å²) in [4.78, 5) is 51.9. The van der Waals surface area contributed by atoms with Crippen molar-refractivity contribution in [3.05, 3.63) is 47.3 Å². The summed E-state index contributed by atoms with van der Waals surface area (Å²) in [5.41, 5.74) is 7.48. The summed E-state index contributed by atoms with van der Waals surface area (Å²) >= 11 is 0. The van der Waals surface area contributed by atoms with E-state index in [-0.39, 0.29) is 63.0 Å². The molecule has 2 aromatic heterocycles. The van der Waals surface area contributed by atoms with E-state index in [1.54, 1.807) is 28.3 Å². The molecule has 1 aromatic carbocycles. The third-order valence-electron chi connectivity index (χ3n) is 5.70. The predicted octanol–water partition coefficient (Wildman–Crippen LogP) is 1.43. The van der Waals surface area contributed by atoms with Gasteiger partial charge in [-0.15, -0.1) is 0 Å². The number of amides is 3. The number of nitrogens with zero attached hydrogens (tertiary/aromatic N) is 4. The van der Waals surface area contributed by atoms with E-state index in [0.29, 0.717) is 29.0 Å². The summed E-state index contributed by atoms with van der Waals surface area (Å²) in [7, 11) is 0. The van der Waals surface area contributed by atoms with Crippen LogP contribution in [-0.2, 0) is 22.6 Å². The average Bonchev–Trinajstić information content (AvgIpc) is 3.47. The fourth-order valence-electron chi connectivity index (χ4n) is 3.87. The second-order valence-electron chi connectivity index (χ2n) is 8.76. The number of allylic oxidation sites excluding steroid dienone is 1. The smallest absolute Gasteiger partial charge is 0.407 e. The number of fused-ring (bicyclic) bond motifs is 1. The Hall–Kier alpha value is -4.92. The Morgan fingerprint density at radius 2 is 1.93 bits per heavy atom. The Morgan fingerprint density at radius 1 is 1.15 bits per heavy atom. The number of anilines is 1. The molecule has 0 bridgehead atoms. The number of benzene rings is 1. The van der Waals surface area contributed by atoms with Crippen molar-refractivity contribution in [3.8, 4) is 5.75 Å². The second-order valence-corrected chi connectivity index (χ2v) is 8.76. The van der Waals surface area contributed by atoms with Gasteiger partial charge in [0.25, 0.3) is 5.91 Å². The molecule has 15 heteroatoms. The molecule has 3 rings (SSSR count). The maximum atomic E-state index is 13.2. The summed E-state index contributed by atoms with van der Waals surface area (Å²) < 4.78 is 14.2. The van der Waals surface area contributed by atoms with Crippen LogP contribution in [0.15, 0.2) is 30.4 Å². The van der Waals surface area contributed by atoms with Crippen molar-refractivity contribution >= 4 is 40.9 Å². The lowest BCUT2D eigenvalue weighted by Gasteiger charge is -2.13. The van der Waals surface area contributed by atoms with Gasteiger partial charge in [0.2, 0.25) is 11.9 Å². The minimum atomic E-state index is -1.04. The first-order valence-corrected chi connectivity index (χ1v) is 12.9. The molecule has 0 saturated heterocycles. The molecule has 0 aliphatic carbocycles. The van der Waals surface area contributed by atoms with Crippen LogP contribution in [0.2, 0.25) is 0 Å². The molecule has 41 heavy (non-hydrogen) atoms. The van der Waals surface area contributed by atoms with Crippen LogP contribution in [0.4, 0.5) is 10.7 Å². The zero-order valence-electron chi connectivity index (χ0n) is 22.8. The van der Waals surface area contributed by atoms with Gasteiger partial charge in [0.1, 0.15) is 17.0 Å². The third-order valence-corrected chi connectivity index (χ3v) is 5.70. The van der Waals surface area contributed by atoms with Crippen molar-refractivity contribution in [2.75, 3.05) is 31.7 Å². The number of aliphatic carboxylic acids is 1. The number of alkyl carbamates (subject to hydrolysis) is 1.